The van der Waals surface area contributed by atoms with Gasteiger partial charge in [0.05, 0.1) is 17.3 Å². The molecule has 0 atom stereocenters. The van der Waals surface area contributed by atoms with Crippen molar-refractivity contribution in [3.05, 3.63) is 83.9 Å². The fourth-order valence-electron chi connectivity index (χ4n) is 2.84. The molecule has 1 N–H and O–H groups in total. The third-order valence-electron chi connectivity index (χ3n) is 4.24. The first kappa shape index (κ1) is 16.5. The standard InChI is InChI=1S/C21H15N5O/c1-14-3-2-10-26-13-19(25-20(14)26)16-4-6-17(7-5-16)24-21(27)18-11-15(12-22)8-9-23-18/h2-11,13H,1H3,(H,24,27). The Morgan fingerprint density at radius 2 is 2.00 bits per heavy atom. The third-order valence-corrected chi connectivity index (χ3v) is 4.24. The predicted octanol–water partition coefficient (Wildman–Crippen LogP) is 3.83. The van der Waals surface area contributed by atoms with Crippen LogP contribution in [0.4, 0.5) is 5.69 Å². The zero-order chi connectivity index (χ0) is 18.8. The van der Waals surface area contributed by atoms with E-state index in [1.807, 2.05) is 66.2 Å². The Kier molecular flexibility index (Phi) is 4.11. The van der Waals surface area contributed by atoms with E-state index in [1.54, 1.807) is 6.07 Å². The van der Waals surface area contributed by atoms with Gasteiger partial charge in [0.2, 0.25) is 0 Å². The Balaban J connectivity index is 1.55. The number of hydrogen-bond acceptors (Lipinski definition) is 4. The largest absolute Gasteiger partial charge is 0.321 e. The molecule has 0 spiro atoms. The van der Waals surface area contributed by atoms with E-state index in [0.717, 1.165) is 22.5 Å². The summed E-state index contributed by atoms with van der Waals surface area (Å²) < 4.78 is 1.99. The maximum Gasteiger partial charge on any atom is 0.274 e. The normalized spacial score (nSPS) is 10.5. The molecule has 0 saturated heterocycles. The average molecular weight is 353 g/mol. The molecule has 3 heterocycles. The molecule has 0 aliphatic heterocycles. The summed E-state index contributed by atoms with van der Waals surface area (Å²) >= 11 is 0. The minimum Gasteiger partial charge on any atom is -0.321 e. The first-order valence-electron chi connectivity index (χ1n) is 8.36. The molecule has 27 heavy (non-hydrogen) atoms. The maximum atomic E-state index is 12.3. The van der Waals surface area contributed by atoms with Crippen molar-refractivity contribution in [3.63, 3.8) is 0 Å². The monoisotopic (exact) mass is 353 g/mol. The van der Waals surface area contributed by atoms with Crippen LogP contribution in [0, 0.1) is 18.3 Å². The lowest BCUT2D eigenvalue weighted by atomic mass is 10.1. The molecule has 3 aromatic heterocycles. The van der Waals surface area contributed by atoms with Crippen molar-refractivity contribution < 1.29 is 4.79 Å². The van der Waals surface area contributed by atoms with Gasteiger partial charge in [-0.25, -0.2) is 4.98 Å². The van der Waals surface area contributed by atoms with Crippen LogP contribution in [0.1, 0.15) is 21.6 Å². The van der Waals surface area contributed by atoms with Gasteiger partial charge in [-0.3, -0.25) is 9.78 Å². The number of nitrogens with zero attached hydrogens (tertiary/aromatic N) is 4. The third kappa shape index (κ3) is 3.26. The Labute approximate surface area is 155 Å². The van der Waals surface area contributed by atoms with Gasteiger partial charge in [-0.1, -0.05) is 18.2 Å². The molecule has 130 valence electrons. The molecule has 0 fully saturated rings. The summed E-state index contributed by atoms with van der Waals surface area (Å²) in [6.07, 6.45) is 5.39. The van der Waals surface area contributed by atoms with Crippen LogP contribution in [0.25, 0.3) is 16.9 Å². The maximum absolute atomic E-state index is 12.3. The number of rotatable bonds is 3. The summed E-state index contributed by atoms with van der Waals surface area (Å²) in [7, 11) is 0. The van der Waals surface area contributed by atoms with Crippen LogP contribution in [0.5, 0.6) is 0 Å². The average Bonchev–Trinajstić information content (AvgIpc) is 3.14. The fourth-order valence-corrected chi connectivity index (χ4v) is 2.84. The molecule has 0 aliphatic carbocycles. The number of nitriles is 1. The second kappa shape index (κ2) is 6.73. The molecule has 1 amide bonds. The van der Waals surface area contributed by atoms with Gasteiger partial charge in [0.15, 0.2) is 0 Å². The highest BCUT2D eigenvalue weighted by Crippen LogP contribution is 2.22. The lowest BCUT2D eigenvalue weighted by molar-refractivity contribution is 0.102. The van der Waals surface area contributed by atoms with E-state index >= 15 is 0 Å². The lowest BCUT2D eigenvalue weighted by Crippen LogP contribution is -2.13. The van der Waals surface area contributed by atoms with Gasteiger partial charge in [0.25, 0.3) is 5.91 Å². The first-order chi connectivity index (χ1) is 13.1. The highest BCUT2D eigenvalue weighted by molar-refractivity contribution is 6.03. The van der Waals surface area contributed by atoms with Crippen LogP contribution in [-0.2, 0) is 0 Å². The van der Waals surface area contributed by atoms with Crippen molar-refractivity contribution in [3.8, 4) is 17.3 Å². The van der Waals surface area contributed by atoms with Crippen molar-refractivity contribution in [2.24, 2.45) is 0 Å². The number of benzene rings is 1. The number of amides is 1. The van der Waals surface area contributed by atoms with Crippen molar-refractivity contribution in [2.45, 2.75) is 6.92 Å². The van der Waals surface area contributed by atoms with Gasteiger partial charge < -0.3 is 9.72 Å². The van der Waals surface area contributed by atoms with E-state index < -0.39 is 0 Å². The zero-order valence-electron chi connectivity index (χ0n) is 14.5. The number of fused-ring (bicyclic) bond motifs is 1. The molecule has 0 bridgehead atoms. The van der Waals surface area contributed by atoms with Crippen LogP contribution >= 0.6 is 0 Å². The SMILES string of the molecule is Cc1cccn2cc(-c3ccc(NC(=O)c4cc(C#N)ccn4)cc3)nc12. The molecular weight excluding hydrogens is 338 g/mol. The molecule has 0 unspecified atom stereocenters. The van der Waals surface area contributed by atoms with Crippen LogP contribution in [-0.4, -0.2) is 20.3 Å². The molecule has 6 nitrogen and oxygen atoms in total. The van der Waals surface area contributed by atoms with Crippen molar-refractivity contribution in [2.75, 3.05) is 5.32 Å². The first-order valence-corrected chi connectivity index (χ1v) is 8.36. The van der Waals surface area contributed by atoms with E-state index in [-0.39, 0.29) is 11.6 Å². The number of aromatic nitrogens is 3. The quantitative estimate of drug-likeness (QED) is 0.607. The molecule has 0 aliphatic rings. The van der Waals surface area contributed by atoms with Crippen molar-refractivity contribution in [1.29, 1.82) is 5.26 Å². The summed E-state index contributed by atoms with van der Waals surface area (Å²) in [5.74, 6) is -0.358. The molecule has 1 aromatic carbocycles. The summed E-state index contributed by atoms with van der Waals surface area (Å²) in [4.78, 5) is 21.0. The highest BCUT2D eigenvalue weighted by Gasteiger charge is 2.10. The number of hydrogen-bond donors (Lipinski definition) is 1. The van der Waals surface area contributed by atoms with Gasteiger partial charge in [-0.2, -0.15) is 5.26 Å². The fraction of sp³-hybridized carbons (Fsp3) is 0.0476. The smallest absolute Gasteiger partial charge is 0.274 e. The van der Waals surface area contributed by atoms with Gasteiger partial charge >= 0.3 is 0 Å². The van der Waals surface area contributed by atoms with Gasteiger partial charge in [0.1, 0.15) is 11.3 Å². The number of carbonyl (C=O) groups excluding carboxylic acids is 1. The number of aryl methyl sites for hydroxylation is 1. The Morgan fingerprint density at radius 3 is 2.74 bits per heavy atom. The van der Waals surface area contributed by atoms with Gasteiger partial charge in [0, 0.05) is 29.8 Å². The predicted molar refractivity (Wildman–Crippen MR) is 102 cm³/mol. The van der Waals surface area contributed by atoms with E-state index in [4.69, 9.17) is 5.26 Å². The van der Waals surface area contributed by atoms with Gasteiger partial charge in [-0.05, 0) is 42.8 Å². The molecule has 4 rings (SSSR count). The summed E-state index contributed by atoms with van der Waals surface area (Å²) in [5, 5.41) is 11.7. The minimum absolute atomic E-state index is 0.203. The summed E-state index contributed by atoms with van der Waals surface area (Å²) in [5.41, 5.74) is 5.11. The minimum atomic E-state index is -0.358. The summed E-state index contributed by atoms with van der Waals surface area (Å²) in [6, 6.07) is 16.5. The van der Waals surface area contributed by atoms with Crippen LogP contribution in [0.2, 0.25) is 0 Å². The second-order valence-electron chi connectivity index (χ2n) is 6.12. The van der Waals surface area contributed by atoms with Crippen molar-refractivity contribution >= 4 is 17.2 Å². The molecule has 0 radical (unpaired) electrons. The van der Waals surface area contributed by atoms with E-state index in [0.29, 0.717) is 11.3 Å². The molecular formula is C21H15N5O. The topological polar surface area (TPSA) is 83.1 Å². The molecule has 0 saturated carbocycles. The number of carbonyl (C=O) groups is 1. The van der Waals surface area contributed by atoms with E-state index in [1.165, 1.54) is 12.3 Å². The molecule has 6 heteroatoms. The van der Waals surface area contributed by atoms with Crippen LogP contribution < -0.4 is 5.32 Å². The van der Waals surface area contributed by atoms with Crippen LogP contribution in [0.3, 0.4) is 0 Å². The number of pyridine rings is 2. The Hall–Kier alpha value is -3.98. The summed E-state index contributed by atoms with van der Waals surface area (Å²) in [6.45, 7) is 2.03. The van der Waals surface area contributed by atoms with E-state index in [9.17, 15) is 4.79 Å². The lowest BCUT2D eigenvalue weighted by Gasteiger charge is -2.05. The number of imidazole rings is 1. The van der Waals surface area contributed by atoms with Crippen LogP contribution in [0.15, 0.2) is 67.1 Å². The number of nitrogens with one attached hydrogen (secondary N) is 1. The highest BCUT2D eigenvalue weighted by atomic mass is 16.1. The second-order valence-corrected chi connectivity index (χ2v) is 6.12. The molecule has 4 aromatic rings. The number of anilines is 1. The van der Waals surface area contributed by atoms with E-state index in [2.05, 4.69) is 15.3 Å². The zero-order valence-corrected chi connectivity index (χ0v) is 14.5. The van der Waals surface area contributed by atoms with Crippen molar-refractivity contribution in [1.82, 2.24) is 14.4 Å². The van der Waals surface area contributed by atoms with Gasteiger partial charge in [-0.15, -0.1) is 0 Å². The Morgan fingerprint density at radius 1 is 1.19 bits per heavy atom. The Bertz CT molecular complexity index is 1190.